The maximum atomic E-state index is 11.3. The van der Waals surface area contributed by atoms with E-state index in [1.54, 1.807) is 0 Å². The van der Waals surface area contributed by atoms with Crippen LogP contribution in [-0.4, -0.2) is 5.78 Å². The molecule has 0 N–H and O–H groups in total. The quantitative estimate of drug-likeness (QED) is 0.694. The first kappa shape index (κ1) is 12.3. The Labute approximate surface area is 104 Å². The summed E-state index contributed by atoms with van der Waals surface area (Å²) in [5.74, 6) is 1.18. The molecule has 2 rings (SSSR count). The van der Waals surface area contributed by atoms with Gasteiger partial charge in [-0.15, -0.1) is 0 Å². The molecule has 0 radical (unpaired) electrons. The van der Waals surface area contributed by atoms with E-state index in [9.17, 15) is 4.79 Å². The Kier molecular flexibility index (Phi) is 4.78. The zero-order chi connectivity index (χ0) is 11.9. The number of carbonyl (C=O) groups is 1. The summed E-state index contributed by atoms with van der Waals surface area (Å²) in [6.07, 6.45) is 9.05. The summed E-state index contributed by atoms with van der Waals surface area (Å²) in [6.45, 7) is 0. The van der Waals surface area contributed by atoms with Crippen LogP contribution in [0.2, 0.25) is 0 Å². The van der Waals surface area contributed by atoms with Crippen molar-refractivity contribution in [1.29, 1.82) is 0 Å². The van der Waals surface area contributed by atoms with Crippen molar-refractivity contribution in [1.82, 2.24) is 0 Å². The molecule has 0 aliphatic heterocycles. The molecule has 92 valence electrons. The second kappa shape index (κ2) is 6.58. The fourth-order valence-electron chi connectivity index (χ4n) is 2.77. The van der Waals surface area contributed by atoms with Gasteiger partial charge < -0.3 is 0 Å². The SMILES string of the molecule is O=C1CCC[C@@H](CCCCc2ccccc2)C1. The molecule has 0 aromatic heterocycles. The van der Waals surface area contributed by atoms with E-state index in [2.05, 4.69) is 30.3 Å². The molecule has 1 atom stereocenters. The number of Topliss-reactive ketones (excluding diaryl/α,β-unsaturated/α-hetero) is 1. The van der Waals surface area contributed by atoms with Crippen molar-refractivity contribution in [2.75, 3.05) is 0 Å². The minimum Gasteiger partial charge on any atom is -0.300 e. The molecule has 0 heterocycles. The third-order valence-electron chi connectivity index (χ3n) is 3.75. The first-order valence-corrected chi connectivity index (χ1v) is 6.90. The largest absolute Gasteiger partial charge is 0.300 e. The Morgan fingerprint density at radius 2 is 1.94 bits per heavy atom. The van der Waals surface area contributed by atoms with Gasteiger partial charge >= 0.3 is 0 Å². The van der Waals surface area contributed by atoms with Gasteiger partial charge in [0, 0.05) is 12.8 Å². The third kappa shape index (κ3) is 4.33. The molecule has 1 saturated carbocycles. The number of rotatable bonds is 5. The highest BCUT2D eigenvalue weighted by Crippen LogP contribution is 2.26. The predicted octanol–water partition coefficient (Wildman–Crippen LogP) is 4.16. The smallest absolute Gasteiger partial charge is 0.133 e. The normalized spacial score (nSPS) is 20.5. The molecule has 0 amide bonds. The van der Waals surface area contributed by atoms with Crippen molar-refractivity contribution in [2.24, 2.45) is 5.92 Å². The van der Waals surface area contributed by atoms with Gasteiger partial charge in [-0.3, -0.25) is 4.79 Å². The van der Waals surface area contributed by atoms with E-state index in [4.69, 9.17) is 0 Å². The number of benzene rings is 1. The van der Waals surface area contributed by atoms with Crippen LogP contribution in [0.4, 0.5) is 0 Å². The van der Waals surface area contributed by atoms with E-state index in [-0.39, 0.29) is 0 Å². The van der Waals surface area contributed by atoms with Crippen LogP contribution in [0.15, 0.2) is 30.3 Å². The Hall–Kier alpha value is -1.11. The summed E-state index contributed by atoms with van der Waals surface area (Å²) in [4.78, 5) is 11.3. The summed E-state index contributed by atoms with van der Waals surface area (Å²) in [6, 6.07) is 10.7. The summed E-state index contributed by atoms with van der Waals surface area (Å²) < 4.78 is 0. The number of hydrogen-bond donors (Lipinski definition) is 0. The zero-order valence-electron chi connectivity index (χ0n) is 10.5. The molecule has 1 heteroatoms. The maximum absolute atomic E-state index is 11.3. The minimum absolute atomic E-state index is 0.490. The highest BCUT2D eigenvalue weighted by molar-refractivity contribution is 5.79. The Morgan fingerprint density at radius 1 is 1.12 bits per heavy atom. The van der Waals surface area contributed by atoms with Crippen LogP contribution < -0.4 is 0 Å². The van der Waals surface area contributed by atoms with Gasteiger partial charge in [-0.2, -0.15) is 0 Å². The second-order valence-electron chi connectivity index (χ2n) is 5.23. The van der Waals surface area contributed by atoms with Gasteiger partial charge in [0.15, 0.2) is 0 Å². The van der Waals surface area contributed by atoms with Crippen molar-refractivity contribution in [3.8, 4) is 0 Å². The average molecular weight is 230 g/mol. The van der Waals surface area contributed by atoms with Gasteiger partial charge in [-0.1, -0.05) is 43.2 Å². The first-order chi connectivity index (χ1) is 8.34. The van der Waals surface area contributed by atoms with Crippen molar-refractivity contribution >= 4 is 5.78 Å². The van der Waals surface area contributed by atoms with Crippen LogP contribution in [0.5, 0.6) is 0 Å². The van der Waals surface area contributed by atoms with E-state index in [1.165, 1.54) is 37.7 Å². The van der Waals surface area contributed by atoms with Crippen LogP contribution in [-0.2, 0) is 11.2 Å². The molecule has 0 bridgehead atoms. The Bertz CT molecular complexity index is 342. The average Bonchev–Trinajstić information content (AvgIpc) is 2.36. The predicted molar refractivity (Wildman–Crippen MR) is 71.0 cm³/mol. The molecule has 0 spiro atoms. The number of aryl methyl sites for hydroxylation is 1. The van der Waals surface area contributed by atoms with Crippen molar-refractivity contribution < 1.29 is 4.79 Å². The van der Waals surface area contributed by atoms with Crippen LogP contribution in [0.3, 0.4) is 0 Å². The Balaban J connectivity index is 1.61. The number of ketones is 1. The standard InChI is InChI=1S/C16H22O/c17-16-12-6-11-15(13-16)10-5-4-9-14-7-2-1-3-8-14/h1-3,7-8,15H,4-6,9-13H2/t15-/m1/s1. The van der Waals surface area contributed by atoms with E-state index in [0.717, 1.165) is 19.3 Å². The van der Waals surface area contributed by atoms with E-state index in [0.29, 0.717) is 11.7 Å². The summed E-state index contributed by atoms with van der Waals surface area (Å²) >= 11 is 0. The van der Waals surface area contributed by atoms with Gasteiger partial charge in [0.1, 0.15) is 5.78 Å². The van der Waals surface area contributed by atoms with Gasteiger partial charge in [0.25, 0.3) is 0 Å². The van der Waals surface area contributed by atoms with Crippen LogP contribution in [0.25, 0.3) is 0 Å². The molecule has 17 heavy (non-hydrogen) atoms. The van der Waals surface area contributed by atoms with Crippen molar-refractivity contribution in [2.45, 2.75) is 51.4 Å². The minimum atomic E-state index is 0.490. The molecule has 0 unspecified atom stereocenters. The van der Waals surface area contributed by atoms with Gasteiger partial charge in [-0.05, 0) is 37.2 Å². The van der Waals surface area contributed by atoms with Crippen molar-refractivity contribution in [3.63, 3.8) is 0 Å². The van der Waals surface area contributed by atoms with Gasteiger partial charge in [0.2, 0.25) is 0 Å². The molecule has 1 aromatic rings. The highest BCUT2D eigenvalue weighted by atomic mass is 16.1. The lowest BCUT2D eigenvalue weighted by molar-refractivity contribution is -0.121. The number of unbranched alkanes of at least 4 members (excludes halogenated alkanes) is 1. The number of carbonyl (C=O) groups excluding carboxylic acids is 1. The molecular weight excluding hydrogens is 208 g/mol. The van der Waals surface area contributed by atoms with Crippen LogP contribution in [0, 0.1) is 5.92 Å². The maximum Gasteiger partial charge on any atom is 0.133 e. The van der Waals surface area contributed by atoms with E-state index in [1.807, 2.05) is 0 Å². The fraction of sp³-hybridized carbons (Fsp3) is 0.562. The molecule has 1 aliphatic carbocycles. The molecule has 0 saturated heterocycles. The first-order valence-electron chi connectivity index (χ1n) is 6.90. The topological polar surface area (TPSA) is 17.1 Å². The molecule has 1 aliphatic rings. The lowest BCUT2D eigenvalue weighted by Crippen LogP contribution is -2.14. The molecule has 1 aromatic carbocycles. The second-order valence-corrected chi connectivity index (χ2v) is 5.23. The monoisotopic (exact) mass is 230 g/mol. The molecule has 1 fully saturated rings. The van der Waals surface area contributed by atoms with Gasteiger partial charge in [-0.25, -0.2) is 0 Å². The zero-order valence-corrected chi connectivity index (χ0v) is 10.5. The lowest BCUT2D eigenvalue weighted by atomic mass is 9.85. The summed E-state index contributed by atoms with van der Waals surface area (Å²) in [5, 5.41) is 0. The summed E-state index contributed by atoms with van der Waals surface area (Å²) in [7, 11) is 0. The Morgan fingerprint density at radius 3 is 2.71 bits per heavy atom. The van der Waals surface area contributed by atoms with E-state index >= 15 is 0 Å². The molecular formula is C16H22O. The lowest BCUT2D eigenvalue weighted by Gasteiger charge is -2.20. The van der Waals surface area contributed by atoms with Crippen LogP contribution >= 0.6 is 0 Å². The van der Waals surface area contributed by atoms with Crippen LogP contribution in [0.1, 0.15) is 50.5 Å². The fourth-order valence-corrected chi connectivity index (χ4v) is 2.77. The third-order valence-corrected chi connectivity index (χ3v) is 3.75. The number of hydrogen-bond acceptors (Lipinski definition) is 1. The summed E-state index contributed by atoms with van der Waals surface area (Å²) in [5.41, 5.74) is 1.44. The molecule has 1 nitrogen and oxygen atoms in total. The van der Waals surface area contributed by atoms with E-state index < -0.39 is 0 Å². The van der Waals surface area contributed by atoms with Crippen molar-refractivity contribution in [3.05, 3.63) is 35.9 Å². The van der Waals surface area contributed by atoms with Gasteiger partial charge in [0.05, 0.1) is 0 Å². The highest BCUT2D eigenvalue weighted by Gasteiger charge is 2.18.